The second-order valence-corrected chi connectivity index (χ2v) is 4.25. The van der Waals surface area contributed by atoms with Gasteiger partial charge in [-0.3, -0.25) is 4.90 Å². The first-order chi connectivity index (χ1) is 6.69. The lowest BCUT2D eigenvalue weighted by Gasteiger charge is -2.32. The lowest BCUT2D eigenvalue weighted by molar-refractivity contribution is 0.154. The third-order valence-electron chi connectivity index (χ3n) is 3.18. The number of nitriles is 1. The minimum absolute atomic E-state index is 0.424. The molecule has 0 bridgehead atoms. The molecule has 80 valence electrons. The Hall–Kier alpha value is -0.590. The lowest BCUT2D eigenvalue weighted by atomic mass is 10.1. The van der Waals surface area contributed by atoms with Crippen LogP contribution in [0, 0.1) is 11.3 Å². The molecule has 0 aromatic heterocycles. The van der Waals surface area contributed by atoms with Crippen LogP contribution in [0.4, 0.5) is 0 Å². The smallest absolute Gasteiger partial charge is 0.0638 e. The van der Waals surface area contributed by atoms with Crippen LogP contribution < -0.4 is 0 Å². The fourth-order valence-corrected chi connectivity index (χ4v) is 2.35. The molecule has 0 spiro atoms. The van der Waals surface area contributed by atoms with Crippen LogP contribution in [0.25, 0.3) is 0 Å². The first-order valence-electron chi connectivity index (χ1n) is 5.50. The minimum Gasteiger partial charge on any atom is -0.305 e. The third-order valence-corrected chi connectivity index (χ3v) is 3.18. The van der Waals surface area contributed by atoms with Crippen molar-refractivity contribution in [2.75, 3.05) is 26.7 Å². The van der Waals surface area contributed by atoms with Gasteiger partial charge < -0.3 is 4.90 Å². The molecule has 0 radical (unpaired) electrons. The molecule has 0 aliphatic carbocycles. The molecule has 3 heteroatoms. The van der Waals surface area contributed by atoms with Gasteiger partial charge in [0.25, 0.3) is 0 Å². The number of nitrogens with zero attached hydrogens (tertiary/aromatic N) is 3. The zero-order chi connectivity index (χ0) is 10.6. The van der Waals surface area contributed by atoms with E-state index in [-0.39, 0.29) is 0 Å². The first-order valence-corrected chi connectivity index (χ1v) is 5.50. The summed E-state index contributed by atoms with van der Waals surface area (Å²) in [6.07, 6.45) is 1.87. The van der Waals surface area contributed by atoms with Gasteiger partial charge >= 0.3 is 0 Å². The monoisotopic (exact) mass is 195 g/mol. The third kappa shape index (κ3) is 2.70. The van der Waals surface area contributed by atoms with Crippen molar-refractivity contribution >= 4 is 0 Å². The zero-order valence-corrected chi connectivity index (χ0v) is 9.53. The Kier molecular flexibility index (Phi) is 4.37. The zero-order valence-electron chi connectivity index (χ0n) is 9.53. The highest BCUT2D eigenvalue weighted by Gasteiger charge is 2.26. The molecule has 2 unspecified atom stereocenters. The van der Waals surface area contributed by atoms with E-state index in [9.17, 15) is 0 Å². The molecule has 1 aliphatic heterocycles. The van der Waals surface area contributed by atoms with Crippen molar-refractivity contribution in [1.29, 1.82) is 5.26 Å². The van der Waals surface area contributed by atoms with Gasteiger partial charge in [0.2, 0.25) is 0 Å². The molecule has 14 heavy (non-hydrogen) atoms. The SMILES string of the molecule is CCN1C(C)CCN(C)CC1CC#N. The van der Waals surface area contributed by atoms with Crippen LogP contribution in [0.15, 0.2) is 0 Å². The van der Waals surface area contributed by atoms with Crippen LogP contribution >= 0.6 is 0 Å². The topological polar surface area (TPSA) is 30.3 Å². The number of likely N-dealkylation sites (N-methyl/N-ethyl adjacent to an activating group) is 2. The van der Waals surface area contributed by atoms with Gasteiger partial charge in [0.05, 0.1) is 12.5 Å². The molecule has 2 atom stereocenters. The number of hydrogen-bond donors (Lipinski definition) is 0. The lowest BCUT2D eigenvalue weighted by Crippen LogP contribution is -2.43. The molecular weight excluding hydrogens is 174 g/mol. The highest BCUT2D eigenvalue weighted by Crippen LogP contribution is 2.16. The van der Waals surface area contributed by atoms with Crippen molar-refractivity contribution in [1.82, 2.24) is 9.80 Å². The Labute approximate surface area is 87.3 Å². The van der Waals surface area contributed by atoms with Gasteiger partial charge in [-0.15, -0.1) is 0 Å². The maximum Gasteiger partial charge on any atom is 0.0638 e. The van der Waals surface area contributed by atoms with E-state index in [1.54, 1.807) is 0 Å². The van der Waals surface area contributed by atoms with Gasteiger partial charge in [-0.25, -0.2) is 0 Å². The number of rotatable bonds is 2. The largest absolute Gasteiger partial charge is 0.305 e. The van der Waals surface area contributed by atoms with Crippen molar-refractivity contribution in [3.63, 3.8) is 0 Å². The van der Waals surface area contributed by atoms with Gasteiger partial charge in [0.15, 0.2) is 0 Å². The predicted octanol–water partition coefficient (Wildman–Crippen LogP) is 1.31. The van der Waals surface area contributed by atoms with Crippen LogP contribution in [-0.4, -0.2) is 48.6 Å². The Balaban J connectivity index is 2.69. The average molecular weight is 195 g/mol. The molecule has 0 amide bonds. The summed E-state index contributed by atoms with van der Waals surface area (Å²) in [7, 11) is 2.15. The summed E-state index contributed by atoms with van der Waals surface area (Å²) in [5.74, 6) is 0. The molecule has 1 fully saturated rings. The number of hydrogen-bond acceptors (Lipinski definition) is 3. The van der Waals surface area contributed by atoms with Crippen molar-refractivity contribution < 1.29 is 0 Å². The Morgan fingerprint density at radius 3 is 2.79 bits per heavy atom. The van der Waals surface area contributed by atoms with Crippen molar-refractivity contribution in [3.8, 4) is 6.07 Å². The Bertz CT molecular complexity index is 209. The molecule has 1 aliphatic rings. The molecule has 0 aromatic carbocycles. The molecule has 0 aromatic rings. The van der Waals surface area contributed by atoms with Crippen LogP contribution in [0.3, 0.4) is 0 Å². The van der Waals surface area contributed by atoms with Gasteiger partial charge in [0.1, 0.15) is 0 Å². The Morgan fingerprint density at radius 1 is 1.50 bits per heavy atom. The van der Waals surface area contributed by atoms with Crippen LogP contribution in [0.5, 0.6) is 0 Å². The van der Waals surface area contributed by atoms with Gasteiger partial charge in [0, 0.05) is 18.6 Å². The normalized spacial score (nSPS) is 31.0. The minimum atomic E-state index is 0.424. The summed E-state index contributed by atoms with van der Waals surface area (Å²) < 4.78 is 0. The summed E-state index contributed by atoms with van der Waals surface area (Å²) in [5, 5.41) is 8.80. The van der Waals surface area contributed by atoms with E-state index < -0.39 is 0 Å². The molecule has 3 nitrogen and oxygen atoms in total. The Morgan fingerprint density at radius 2 is 2.21 bits per heavy atom. The summed E-state index contributed by atoms with van der Waals surface area (Å²) in [6, 6.07) is 3.34. The summed E-state index contributed by atoms with van der Waals surface area (Å²) in [6.45, 7) is 7.70. The quantitative estimate of drug-likeness (QED) is 0.665. The van der Waals surface area contributed by atoms with E-state index in [1.807, 2.05) is 0 Å². The molecule has 1 heterocycles. The highest BCUT2D eigenvalue weighted by atomic mass is 15.2. The summed E-state index contributed by atoms with van der Waals surface area (Å²) in [5.41, 5.74) is 0. The van der Waals surface area contributed by atoms with Gasteiger partial charge in [-0.2, -0.15) is 5.26 Å². The maximum atomic E-state index is 8.80. The van der Waals surface area contributed by atoms with Crippen molar-refractivity contribution in [2.45, 2.75) is 38.8 Å². The second-order valence-electron chi connectivity index (χ2n) is 4.25. The molecule has 0 N–H and O–H groups in total. The predicted molar refractivity (Wildman–Crippen MR) is 58.0 cm³/mol. The fraction of sp³-hybridized carbons (Fsp3) is 0.909. The average Bonchev–Trinajstić information content (AvgIpc) is 2.27. The highest BCUT2D eigenvalue weighted by molar-refractivity contribution is 4.88. The van der Waals surface area contributed by atoms with Crippen LogP contribution in [0.1, 0.15) is 26.7 Å². The van der Waals surface area contributed by atoms with Gasteiger partial charge in [-0.05, 0) is 33.5 Å². The van der Waals surface area contributed by atoms with E-state index in [4.69, 9.17) is 5.26 Å². The summed E-state index contributed by atoms with van der Waals surface area (Å²) in [4.78, 5) is 4.81. The second kappa shape index (κ2) is 5.33. The molecular formula is C11H21N3. The van der Waals surface area contributed by atoms with E-state index >= 15 is 0 Å². The van der Waals surface area contributed by atoms with Crippen LogP contribution in [-0.2, 0) is 0 Å². The van der Waals surface area contributed by atoms with Crippen LogP contribution in [0.2, 0.25) is 0 Å². The van der Waals surface area contributed by atoms with Crippen molar-refractivity contribution in [3.05, 3.63) is 0 Å². The molecule has 1 saturated heterocycles. The molecule has 0 saturated carbocycles. The standard InChI is InChI=1S/C11H21N3/c1-4-14-10(2)6-8-13(3)9-11(14)5-7-12/h10-11H,4-6,8-9H2,1-3H3. The maximum absolute atomic E-state index is 8.80. The molecule has 1 rings (SSSR count). The first kappa shape index (κ1) is 11.5. The van der Waals surface area contributed by atoms with E-state index in [0.29, 0.717) is 18.5 Å². The summed E-state index contributed by atoms with van der Waals surface area (Å²) >= 11 is 0. The van der Waals surface area contributed by atoms with Crippen molar-refractivity contribution in [2.24, 2.45) is 0 Å². The fourth-order valence-electron chi connectivity index (χ4n) is 2.35. The van der Waals surface area contributed by atoms with E-state index in [2.05, 4.69) is 36.8 Å². The van der Waals surface area contributed by atoms with Gasteiger partial charge in [-0.1, -0.05) is 6.92 Å². The van der Waals surface area contributed by atoms with E-state index in [1.165, 1.54) is 6.42 Å². The van der Waals surface area contributed by atoms with E-state index in [0.717, 1.165) is 19.6 Å².